The van der Waals surface area contributed by atoms with Crippen molar-refractivity contribution in [2.45, 2.75) is 31.8 Å². The molecule has 2 heterocycles. The first-order valence-electron chi connectivity index (χ1n) is 9.22. The SMILES string of the molecule is Cc1ccc(C(O)(CCN2CCCC2)c2ccccn2)cc1.O=C(O)C(=O)O. The van der Waals surface area contributed by atoms with Gasteiger partial charge >= 0.3 is 11.9 Å². The highest BCUT2D eigenvalue weighted by atomic mass is 16.4. The van der Waals surface area contributed by atoms with Crippen molar-refractivity contribution in [1.82, 2.24) is 9.88 Å². The zero-order valence-electron chi connectivity index (χ0n) is 15.9. The minimum atomic E-state index is -1.82. The van der Waals surface area contributed by atoms with Gasteiger partial charge in [-0.1, -0.05) is 35.9 Å². The summed E-state index contributed by atoms with van der Waals surface area (Å²) in [5.41, 5.74) is 1.85. The van der Waals surface area contributed by atoms with Crippen LogP contribution in [0, 0.1) is 6.92 Å². The Bertz CT molecular complexity index is 761. The topological polar surface area (TPSA) is 111 Å². The number of carbonyl (C=O) groups is 2. The van der Waals surface area contributed by atoms with Crippen molar-refractivity contribution in [3.05, 3.63) is 65.5 Å². The van der Waals surface area contributed by atoms with Crippen LogP contribution in [0.25, 0.3) is 0 Å². The summed E-state index contributed by atoms with van der Waals surface area (Å²) in [5.74, 6) is -3.65. The molecule has 0 aliphatic carbocycles. The normalized spacial score (nSPS) is 15.9. The van der Waals surface area contributed by atoms with E-state index < -0.39 is 17.5 Å². The van der Waals surface area contributed by atoms with E-state index in [9.17, 15) is 5.11 Å². The highest BCUT2D eigenvalue weighted by Gasteiger charge is 2.33. The van der Waals surface area contributed by atoms with Gasteiger partial charge in [0, 0.05) is 12.7 Å². The highest BCUT2D eigenvalue weighted by molar-refractivity contribution is 6.27. The molecular weight excluding hydrogens is 360 g/mol. The second-order valence-electron chi connectivity index (χ2n) is 6.85. The molecule has 2 aromatic rings. The number of aromatic nitrogens is 1. The molecule has 0 spiro atoms. The van der Waals surface area contributed by atoms with E-state index in [4.69, 9.17) is 19.8 Å². The van der Waals surface area contributed by atoms with Gasteiger partial charge in [-0.3, -0.25) is 4.98 Å². The predicted molar refractivity (Wildman–Crippen MR) is 104 cm³/mol. The van der Waals surface area contributed by atoms with Crippen LogP contribution in [0.1, 0.15) is 36.1 Å². The maximum atomic E-state index is 11.4. The van der Waals surface area contributed by atoms with Gasteiger partial charge in [0.05, 0.1) is 5.69 Å². The number of hydrogen-bond acceptors (Lipinski definition) is 5. The Morgan fingerprint density at radius 1 is 1.04 bits per heavy atom. The quantitative estimate of drug-likeness (QED) is 0.676. The molecule has 28 heavy (non-hydrogen) atoms. The summed E-state index contributed by atoms with van der Waals surface area (Å²) in [7, 11) is 0. The van der Waals surface area contributed by atoms with Crippen LogP contribution in [-0.2, 0) is 15.2 Å². The molecule has 1 aromatic heterocycles. The van der Waals surface area contributed by atoms with E-state index in [1.165, 1.54) is 18.4 Å². The van der Waals surface area contributed by atoms with Gasteiger partial charge in [0.25, 0.3) is 0 Å². The zero-order chi connectivity index (χ0) is 20.6. The molecule has 1 aliphatic rings. The molecule has 0 bridgehead atoms. The van der Waals surface area contributed by atoms with E-state index in [1.807, 2.05) is 30.3 Å². The van der Waals surface area contributed by atoms with E-state index in [0.29, 0.717) is 6.42 Å². The Balaban J connectivity index is 0.000000409. The number of pyridine rings is 1. The number of nitrogens with zero attached hydrogens (tertiary/aromatic N) is 2. The summed E-state index contributed by atoms with van der Waals surface area (Å²) in [6.07, 6.45) is 4.97. The summed E-state index contributed by atoms with van der Waals surface area (Å²) >= 11 is 0. The first kappa shape index (κ1) is 21.5. The van der Waals surface area contributed by atoms with Crippen LogP contribution in [0.3, 0.4) is 0 Å². The fourth-order valence-electron chi connectivity index (χ4n) is 3.18. The summed E-state index contributed by atoms with van der Waals surface area (Å²) in [6, 6.07) is 13.9. The van der Waals surface area contributed by atoms with E-state index in [0.717, 1.165) is 30.9 Å². The number of aliphatic hydroxyl groups is 1. The van der Waals surface area contributed by atoms with Crippen LogP contribution in [0.5, 0.6) is 0 Å². The standard InChI is InChI=1S/C19H24N2O.C2H2O4/c1-16-7-9-17(10-8-16)19(22,18-6-2-3-12-20-18)11-15-21-13-4-5-14-21;3-1(4)2(5)6/h2-3,6-10,12,22H,4-5,11,13-15H2,1H3;(H,3,4)(H,5,6). The summed E-state index contributed by atoms with van der Waals surface area (Å²) < 4.78 is 0. The third-order valence-electron chi connectivity index (χ3n) is 4.79. The number of likely N-dealkylation sites (tertiary alicyclic amines) is 1. The predicted octanol–water partition coefficient (Wildman–Crippen LogP) is 2.27. The lowest BCUT2D eigenvalue weighted by molar-refractivity contribution is -0.159. The Labute approximate surface area is 164 Å². The number of aliphatic carboxylic acids is 2. The molecule has 7 heteroatoms. The van der Waals surface area contributed by atoms with Crippen molar-refractivity contribution in [3.8, 4) is 0 Å². The molecular formula is C21H26N2O5. The van der Waals surface area contributed by atoms with Crippen molar-refractivity contribution in [2.75, 3.05) is 19.6 Å². The third kappa shape index (κ3) is 5.87. The molecule has 0 saturated carbocycles. The fraction of sp³-hybridized carbons (Fsp3) is 0.381. The van der Waals surface area contributed by atoms with E-state index in [1.54, 1.807) is 6.20 Å². The first-order valence-corrected chi connectivity index (χ1v) is 9.22. The number of benzene rings is 1. The van der Waals surface area contributed by atoms with E-state index in [2.05, 4.69) is 28.9 Å². The third-order valence-corrected chi connectivity index (χ3v) is 4.79. The summed E-state index contributed by atoms with van der Waals surface area (Å²) in [4.78, 5) is 25.1. The van der Waals surface area contributed by atoms with Crippen molar-refractivity contribution in [3.63, 3.8) is 0 Å². The van der Waals surface area contributed by atoms with Gasteiger partial charge in [0.15, 0.2) is 0 Å². The van der Waals surface area contributed by atoms with Gasteiger partial charge in [0.1, 0.15) is 5.60 Å². The second-order valence-corrected chi connectivity index (χ2v) is 6.85. The minimum Gasteiger partial charge on any atom is -0.473 e. The van der Waals surface area contributed by atoms with Crippen LogP contribution in [0.4, 0.5) is 0 Å². The van der Waals surface area contributed by atoms with Gasteiger partial charge in [-0.05, 0) is 57.0 Å². The molecule has 3 N–H and O–H groups in total. The molecule has 1 saturated heterocycles. The first-order chi connectivity index (χ1) is 13.3. The second kappa shape index (κ2) is 9.96. The molecule has 0 amide bonds. The Hall–Kier alpha value is -2.77. The maximum absolute atomic E-state index is 11.4. The molecule has 0 radical (unpaired) electrons. The van der Waals surface area contributed by atoms with Crippen LogP contribution in [-0.4, -0.2) is 56.8 Å². The number of carboxylic acids is 2. The molecule has 1 atom stereocenters. The average Bonchev–Trinajstić information content (AvgIpc) is 3.21. The van der Waals surface area contributed by atoms with Gasteiger partial charge in [-0.15, -0.1) is 0 Å². The monoisotopic (exact) mass is 386 g/mol. The summed E-state index contributed by atoms with van der Waals surface area (Å²) in [6.45, 7) is 5.26. The van der Waals surface area contributed by atoms with Crippen LogP contribution in [0.2, 0.25) is 0 Å². The van der Waals surface area contributed by atoms with E-state index in [-0.39, 0.29) is 0 Å². The number of hydrogen-bond donors (Lipinski definition) is 3. The Kier molecular flexibility index (Phi) is 7.66. The zero-order valence-corrected chi connectivity index (χ0v) is 15.9. The van der Waals surface area contributed by atoms with E-state index >= 15 is 0 Å². The van der Waals surface area contributed by atoms with Gasteiger partial charge in [0.2, 0.25) is 0 Å². The van der Waals surface area contributed by atoms with Crippen LogP contribution in [0.15, 0.2) is 48.7 Å². The maximum Gasteiger partial charge on any atom is 0.414 e. The van der Waals surface area contributed by atoms with Crippen LogP contribution < -0.4 is 0 Å². The highest BCUT2D eigenvalue weighted by Crippen LogP contribution is 2.32. The lowest BCUT2D eigenvalue weighted by atomic mass is 9.86. The van der Waals surface area contributed by atoms with Crippen molar-refractivity contribution >= 4 is 11.9 Å². The molecule has 3 rings (SSSR count). The van der Waals surface area contributed by atoms with Gasteiger partial charge < -0.3 is 20.2 Å². The van der Waals surface area contributed by atoms with Gasteiger partial charge in [-0.25, -0.2) is 9.59 Å². The lowest BCUT2D eigenvalue weighted by Crippen LogP contribution is -2.34. The molecule has 7 nitrogen and oxygen atoms in total. The van der Waals surface area contributed by atoms with Crippen molar-refractivity contribution in [1.29, 1.82) is 0 Å². The Morgan fingerprint density at radius 3 is 2.14 bits per heavy atom. The van der Waals surface area contributed by atoms with Crippen molar-refractivity contribution < 1.29 is 24.9 Å². The fourth-order valence-corrected chi connectivity index (χ4v) is 3.18. The smallest absolute Gasteiger partial charge is 0.414 e. The molecule has 1 aliphatic heterocycles. The number of aryl methyl sites for hydroxylation is 1. The summed E-state index contributed by atoms with van der Waals surface area (Å²) in [5, 5.41) is 26.2. The largest absolute Gasteiger partial charge is 0.473 e. The number of rotatable bonds is 5. The lowest BCUT2D eigenvalue weighted by Gasteiger charge is -2.30. The number of carboxylic acid groups (broad SMARTS) is 2. The average molecular weight is 386 g/mol. The minimum absolute atomic E-state index is 0.674. The molecule has 1 fully saturated rings. The van der Waals surface area contributed by atoms with Gasteiger partial charge in [-0.2, -0.15) is 0 Å². The Morgan fingerprint density at radius 2 is 1.64 bits per heavy atom. The van der Waals surface area contributed by atoms with Crippen molar-refractivity contribution in [2.24, 2.45) is 0 Å². The molecule has 1 unspecified atom stereocenters. The van der Waals surface area contributed by atoms with Crippen LogP contribution >= 0.6 is 0 Å². The molecule has 1 aromatic carbocycles. The molecule has 150 valence electrons.